The average Bonchev–Trinajstić information content (AvgIpc) is 3.24. The Labute approximate surface area is 141 Å². The molecule has 0 spiro atoms. The Hall–Kier alpha value is -2.73. The van der Waals surface area contributed by atoms with Crippen molar-refractivity contribution in [3.05, 3.63) is 85.1 Å². The number of allylic oxidation sites excluding steroid dienone is 2. The SMILES string of the molecule is FC1=S(c2ccccc2)N(c2ccccc2)C(Cn2cncn2)=C1. The van der Waals surface area contributed by atoms with Gasteiger partial charge < -0.3 is 0 Å². The summed E-state index contributed by atoms with van der Waals surface area (Å²) in [6.45, 7) is 0.471. The van der Waals surface area contributed by atoms with E-state index in [2.05, 4.69) is 10.1 Å². The third-order valence-electron chi connectivity index (χ3n) is 3.66. The van der Waals surface area contributed by atoms with Crippen LogP contribution in [0.4, 0.5) is 10.1 Å². The Morgan fingerprint density at radius 1 is 0.958 bits per heavy atom. The lowest BCUT2D eigenvalue weighted by molar-refractivity contribution is 0.672. The molecule has 24 heavy (non-hydrogen) atoms. The van der Waals surface area contributed by atoms with Gasteiger partial charge in [0.15, 0.2) is 5.12 Å². The van der Waals surface area contributed by atoms with Gasteiger partial charge in [0.25, 0.3) is 0 Å². The predicted octanol–water partition coefficient (Wildman–Crippen LogP) is 4.02. The first-order valence-electron chi connectivity index (χ1n) is 7.53. The van der Waals surface area contributed by atoms with Crippen molar-refractivity contribution in [3.63, 3.8) is 0 Å². The van der Waals surface area contributed by atoms with Gasteiger partial charge in [0.2, 0.25) is 0 Å². The molecule has 120 valence electrons. The van der Waals surface area contributed by atoms with Crippen LogP contribution in [0.5, 0.6) is 0 Å². The van der Waals surface area contributed by atoms with Crippen LogP contribution in [-0.2, 0) is 6.54 Å². The fourth-order valence-electron chi connectivity index (χ4n) is 2.64. The van der Waals surface area contributed by atoms with Crippen LogP contribution >= 0.6 is 10.7 Å². The molecule has 0 saturated heterocycles. The normalized spacial score (nSPS) is 17.2. The molecular weight excluding hydrogens is 323 g/mol. The Balaban J connectivity index is 1.78. The highest BCUT2D eigenvalue weighted by atomic mass is 32.2. The zero-order valence-electron chi connectivity index (χ0n) is 12.8. The molecule has 6 heteroatoms. The van der Waals surface area contributed by atoms with Gasteiger partial charge in [0, 0.05) is 11.0 Å². The third kappa shape index (κ3) is 2.76. The molecule has 4 rings (SSSR count). The highest BCUT2D eigenvalue weighted by Gasteiger charge is 2.27. The average molecular weight is 338 g/mol. The van der Waals surface area contributed by atoms with Crippen LogP contribution in [0, 0.1) is 0 Å². The Kier molecular flexibility index (Phi) is 3.96. The van der Waals surface area contributed by atoms with Crippen LogP contribution in [0.2, 0.25) is 0 Å². The van der Waals surface area contributed by atoms with Crippen molar-refractivity contribution in [3.8, 4) is 0 Å². The minimum atomic E-state index is -0.787. The Bertz CT molecular complexity index is 889. The standard InChI is InChI=1S/C18H15FN4S/c19-18-11-16(12-22-14-20-13-21-22)23(15-7-3-1-4-8-15)24(18)17-9-5-2-6-10-17/h1-11,13-14H,12H2. The van der Waals surface area contributed by atoms with Gasteiger partial charge in [-0.15, -0.1) is 0 Å². The van der Waals surface area contributed by atoms with Gasteiger partial charge >= 0.3 is 0 Å². The number of rotatable bonds is 4. The Morgan fingerprint density at radius 2 is 1.67 bits per heavy atom. The lowest BCUT2D eigenvalue weighted by Crippen LogP contribution is -2.18. The summed E-state index contributed by atoms with van der Waals surface area (Å²) < 4.78 is 18.6. The molecule has 2 aromatic carbocycles. The first kappa shape index (κ1) is 14.8. The molecule has 1 aliphatic rings. The summed E-state index contributed by atoms with van der Waals surface area (Å²) in [6.07, 6.45) is 4.74. The molecule has 0 saturated carbocycles. The second-order valence-corrected chi connectivity index (χ2v) is 7.06. The van der Waals surface area contributed by atoms with Gasteiger partial charge in [0.05, 0.1) is 17.9 Å². The highest BCUT2D eigenvalue weighted by molar-refractivity contribution is 8.17. The zero-order chi connectivity index (χ0) is 16.4. The lowest BCUT2D eigenvalue weighted by atomic mass is 10.3. The van der Waals surface area contributed by atoms with Gasteiger partial charge in [-0.2, -0.15) is 9.49 Å². The molecule has 1 aromatic heterocycles. The summed E-state index contributed by atoms with van der Waals surface area (Å²) in [5.41, 5.74) is 1.82. The molecule has 0 aliphatic carbocycles. The molecule has 1 atom stereocenters. The summed E-state index contributed by atoms with van der Waals surface area (Å²) in [6, 6.07) is 19.6. The number of nitrogens with zero attached hydrogens (tertiary/aromatic N) is 4. The summed E-state index contributed by atoms with van der Waals surface area (Å²) in [7, 11) is -0.787. The van der Waals surface area contributed by atoms with Gasteiger partial charge in [-0.3, -0.25) is 4.31 Å². The van der Waals surface area contributed by atoms with E-state index in [-0.39, 0.29) is 5.12 Å². The third-order valence-corrected chi connectivity index (χ3v) is 5.67. The molecule has 3 aromatic rings. The molecule has 0 radical (unpaired) electrons. The van der Waals surface area contributed by atoms with Crippen LogP contribution in [0.25, 0.3) is 0 Å². The van der Waals surface area contributed by atoms with E-state index in [1.807, 2.05) is 65.0 Å². The molecule has 4 nitrogen and oxygen atoms in total. The van der Waals surface area contributed by atoms with E-state index in [4.69, 9.17) is 0 Å². The van der Waals surface area contributed by atoms with Crippen molar-refractivity contribution in [2.24, 2.45) is 0 Å². The van der Waals surface area contributed by atoms with Gasteiger partial charge in [-0.05, 0) is 34.9 Å². The second kappa shape index (κ2) is 6.41. The van der Waals surface area contributed by atoms with E-state index in [0.717, 1.165) is 16.3 Å². The van der Waals surface area contributed by atoms with E-state index in [0.29, 0.717) is 6.54 Å². The van der Waals surface area contributed by atoms with E-state index in [1.165, 1.54) is 6.33 Å². The van der Waals surface area contributed by atoms with Crippen molar-refractivity contribution in [2.45, 2.75) is 11.4 Å². The molecular formula is C18H15FN4S. The fraction of sp³-hybridized carbons (Fsp3) is 0.0556. The number of hydrogen-bond donors (Lipinski definition) is 0. The van der Waals surface area contributed by atoms with Crippen molar-refractivity contribution >= 4 is 21.5 Å². The monoisotopic (exact) mass is 338 g/mol. The maximum absolute atomic E-state index is 14.9. The summed E-state index contributed by atoms with van der Waals surface area (Å²) >= 11 is 0. The number of para-hydroxylation sites is 1. The summed E-state index contributed by atoms with van der Waals surface area (Å²) in [5.74, 6) is 0. The van der Waals surface area contributed by atoms with E-state index >= 15 is 0 Å². The van der Waals surface area contributed by atoms with Crippen LogP contribution in [-0.4, -0.2) is 19.9 Å². The Morgan fingerprint density at radius 3 is 2.33 bits per heavy atom. The molecule has 0 fully saturated rings. The summed E-state index contributed by atoms with van der Waals surface area (Å²) in [5, 5.41) is 4.00. The number of benzene rings is 2. The van der Waals surface area contributed by atoms with Crippen molar-refractivity contribution in [1.29, 1.82) is 0 Å². The van der Waals surface area contributed by atoms with Crippen molar-refractivity contribution in [1.82, 2.24) is 14.8 Å². The number of aromatic nitrogens is 3. The fourth-order valence-corrected chi connectivity index (χ4v) is 4.59. The molecule has 1 aliphatic heterocycles. The number of halogens is 1. The number of anilines is 1. The zero-order valence-corrected chi connectivity index (χ0v) is 13.6. The van der Waals surface area contributed by atoms with E-state index < -0.39 is 10.7 Å². The van der Waals surface area contributed by atoms with Crippen molar-refractivity contribution in [2.75, 3.05) is 4.31 Å². The van der Waals surface area contributed by atoms with E-state index in [9.17, 15) is 4.39 Å². The topological polar surface area (TPSA) is 34.0 Å². The van der Waals surface area contributed by atoms with E-state index in [1.54, 1.807) is 17.1 Å². The van der Waals surface area contributed by atoms with Crippen LogP contribution < -0.4 is 4.31 Å². The minimum Gasteiger partial charge on any atom is -0.286 e. The summed E-state index contributed by atoms with van der Waals surface area (Å²) in [4.78, 5) is 4.91. The molecule has 1 unspecified atom stereocenters. The first-order chi connectivity index (χ1) is 11.8. The highest BCUT2D eigenvalue weighted by Crippen LogP contribution is 2.44. The van der Waals surface area contributed by atoms with Gasteiger partial charge in [0.1, 0.15) is 12.7 Å². The number of hydrogen-bond acceptors (Lipinski definition) is 3. The van der Waals surface area contributed by atoms with Crippen LogP contribution in [0.1, 0.15) is 0 Å². The second-order valence-electron chi connectivity index (χ2n) is 5.26. The predicted molar refractivity (Wildman–Crippen MR) is 95.4 cm³/mol. The molecule has 0 amide bonds. The maximum Gasteiger partial charge on any atom is 0.172 e. The van der Waals surface area contributed by atoms with Gasteiger partial charge in [-0.1, -0.05) is 36.4 Å². The lowest BCUT2D eigenvalue weighted by Gasteiger charge is -2.26. The van der Waals surface area contributed by atoms with Crippen LogP contribution in [0.3, 0.4) is 0 Å². The first-order valence-corrected chi connectivity index (χ1v) is 8.71. The smallest absolute Gasteiger partial charge is 0.172 e. The van der Waals surface area contributed by atoms with Crippen molar-refractivity contribution < 1.29 is 4.39 Å². The van der Waals surface area contributed by atoms with Gasteiger partial charge in [-0.25, -0.2) is 9.67 Å². The quantitative estimate of drug-likeness (QED) is 0.532. The molecule has 0 N–H and O–H groups in total. The van der Waals surface area contributed by atoms with Crippen LogP contribution in [0.15, 0.2) is 90.0 Å². The minimum absolute atomic E-state index is 0.139. The molecule has 2 heterocycles. The maximum atomic E-state index is 14.9. The molecule has 0 bridgehead atoms. The largest absolute Gasteiger partial charge is 0.286 e.